The van der Waals surface area contributed by atoms with E-state index in [0.29, 0.717) is 13.1 Å². The molecule has 1 fully saturated rings. The first-order chi connectivity index (χ1) is 12.0. The number of benzene rings is 1. The average Bonchev–Trinajstić information content (AvgIpc) is 2.63. The Morgan fingerprint density at radius 3 is 2.52 bits per heavy atom. The minimum absolute atomic E-state index is 0.00552. The van der Waals surface area contributed by atoms with Crippen LogP contribution in [0.25, 0.3) is 0 Å². The normalized spacial score (nSPS) is 15.3. The molecule has 1 aliphatic heterocycles. The number of nitrogens with two attached hydrogens (primary N) is 1. The summed E-state index contributed by atoms with van der Waals surface area (Å²) in [4.78, 5) is 22.6. The molecule has 0 saturated carbocycles. The number of phenols is 1. The predicted octanol–water partition coefficient (Wildman–Crippen LogP) is 1.46. The summed E-state index contributed by atoms with van der Waals surface area (Å²) in [7, 11) is 0. The van der Waals surface area contributed by atoms with Crippen LogP contribution < -0.4 is 10.6 Å². The van der Waals surface area contributed by atoms with Crippen LogP contribution in [0.1, 0.15) is 0 Å². The lowest BCUT2D eigenvalue weighted by Crippen LogP contribution is -2.51. The number of hydrogen-bond acceptors (Lipinski definition) is 6. The Hall–Kier alpha value is -3.36. The summed E-state index contributed by atoms with van der Waals surface area (Å²) in [5.41, 5.74) is 6.86. The van der Waals surface area contributed by atoms with Gasteiger partial charge in [0.05, 0.1) is 4.92 Å². The highest BCUT2D eigenvalue weighted by atomic mass is 16.6. The number of piperazine rings is 1. The van der Waals surface area contributed by atoms with Gasteiger partial charge in [0, 0.05) is 44.1 Å². The van der Waals surface area contributed by atoms with Crippen molar-refractivity contribution in [3.05, 3.63) is 52.7 Å². The molecule has 2 heterocycles. The molecule has 130 valence electrons. The number of phenolic OH excluding ortho intramolecular Hbond substituents is 1. The number of pyridine rings is 1. The fourth-order valence-corrected chi connectivity index (χ4v) is 2.65. The third kappa shape index (κ3) is 3.77. The molecule has 3 rings (SSSR count). The van der Waals surface area contributed by atoms with Gasteiger partial charge in [0.2, 0.25) is 5.82 Å². The standard InChI is InChI=1S/C16H18N6O3/c17-16(19-15-14(22(24)25)2-1-7-18-15)21-10-8-20(9-11-21)12-3-5-13(23)6-4-12/h1-7,23H,8-11H2,(H2,17,18,19). The minimum atomic E-state index is -0.526. The van der Waals surface area contributed by atoms with Crippen LogP contribution in [0.3, 0.4) is 0 Å². The molecular weight excluding hydrogens is 324 g/mol. The van der Waals surface area contributed by atoms with Crippen molar-refractivity contribution < 1.29 is 10.0 Å². The first kappa shape index (κ1) is 16.5. The first-order valence-electron chi connectivity index (χ1n) is 7.77. The van der Waals surface area contributed by atoms with Gasteiger partial charge < -0.3 is 20.6 Å². The number of rotatable bonds is 3. The molecule has 25 heavy (non-hydrogen) atoms. The Balaban J connectivity index is 1.68. The van der Waals surface area contributed by atoms with Crippen molar-refractivity contribution in [2.75, 3.05) is 31.1 Å². The maximum absolute atomic E-state index is 11.0. The van der Waals surface area contributed by atoms with Gasteiger partial charge in [-0.25, -0.2) is 4.98 Å². The van der Waals surface area contributed by atoms with E-state index in [1.807, 2.05) is 17.0 Å². The molecule has 1 aromatic carbocycles. The minimum Gasteiger partial charge on any atom is -0.508 e. The van der Waals surface area contributed by atoms with E-state index in [2.05, 4.69) is 14.9 Å². The van der Waals surface area contributed by atoms with E-state index in [4.69, 9.17) is 5.73 Å². The summed E-state index contributed by atoms with van der Waals surface area (Å²) in [5, 5.41) is 20.4. The van der Waals surface area contributed by atoms with E-state index in [9.17, 15) is 15.2 Å². The molecular formula is C16H18N6O3. The molecule has 0 amide bonds. The predicted molar refractivity (Wildman–Crippen MR) is 94.1 cm³/mol. The summed E-state index contributed by atoms with van der Waals surface area (Å²) >= 11 is 0. The van der Waals surface area contributed by atoms with Crippen LogP contribution in [0, 0.1) is 10.1 Å². The van der Waals surface area contributed by atoms with Crippen LogP contribution in [-0.4, -0.2) is 52.1 Å². The number of hydrogen-bond donors (Lipinski definition) is 2. The zero-order valence-electron chi connectivity index (χ0n) is 13.4. The number of nitro groups is 1. The zero-order valence-corrected chi connectivity index (χ0v) is 13.4. The molecule has 1 saturated heterocycles. The molecule has 9 nitrogen and oxygen atoms in total. The van der Waals surface area contributed by atoms with Gasteiger partial charge in [-0.05, 0) is 30.3 Å². The second kappa shape index (κ2) is 7.04. The van der Waals surface area contributed by atoms with Crippen molar-refractivity contribution in [1.29, 1.82) is 0 Å². The molecule has 0 spiro atoms. The van der Waals surface area contributed by atoms with E-state index < -0.39 is 4.92 Å². The quantitative estimate of drug-likeness (QED) is 0.375. The molecule has 0 unspecified atom stereocenters. The zero-order chi connectivity index (χ0) is 17.8. The number of anilines is 1. The maximum atomic E-state index is 11.0. The highest BCUT2D eigenvalue weighted by molar-refractivity contribution is 5.82. The molecule has 9 heteroatoms. The summed E-state index contributed by atoms with van der Waals surface area (Å²) < 4.78 is 0. The first-order valence-corrected chi connectivity index (χ1v) is 7.77. The van der Waals surface area contributed by atoms with Crippen molar-refractivity contribution in [1.82, 2.24) is 9.88 Å². The Bertz CT molecular complexity index is 785. The van der Waals surface area contributed by atoms with Gasteiger partial charge in [-0.3, -0.25) is 10.1 Å². The van der Waals surface area contributed by atoms with Crippen molar-refractivity contribution in [2.45, 2.75) is 0 Å². The van der Waals surface area contributed by atoms with E-state index in [1.165, 1.54) is 18.3 Å². The Morgan fingerprint density at radius 2 is 1.88 bits per heavy atom. The summed E-state index contributed by atoms with van der Waals surface area (Å²) in [5.74, 6) is 0.453. The van der Waals surface area contributed by atoms with Crippen LogP contribution in [-0.2, 0) is 0 Å². The highest BCUT2D eigenvalue weighted by Crippen LogP contribution is 2.24. The van der Waals surface area contributed by atoms with E-state index in [0.717, 1.165) is 18.8 Å². The van der Waals surface area contributed by atoms with Gasteiger partial charge in [-0.1, -0.05) is 0 Å². The van der Waals surface area contributed by atoms with Crippen molar-refractivity contribution in [3.8, 4) is 5.75 Å². The molecule has 0 radical (unpaired) electrons. The second-order valence-corrected chi connectivity index (χ2v) is 5.56. The average molecular weight is 342 g/mol. The Kier molecular flexibility index (Phi) is 4.64. The van der Waals surface area contributed by atoms with Gasteiger partial charge in [0.15, 0.2) is 5.96 Å². The second-order valence-electron chi connectivity index (χ2n) is 5.56. The lowest BCUT2D eigenvalue weighted by atomic mass is 10.2. The van der Waals surface area contributed by atoms with E-state index in [1.54, 1.807) is 12.1 Å². The maximum Gasteiger partial charge on any atom is 0.313 e. The van der Waals surface area contributed by atoms with Crippen LogP contribution in [0.4, 0.5) is 17.2 Å². The van der Waals surface area contributed by atoms with Gasteiger partial charge in [-0.2, -0.15) is 4.99 Å². The van der Waals surface area contributed by atoms with Crippen LogP contribution in [0.5, 0.6) is 5.75 Å². The largest absolute Gasteiger partial charge is 0.508 e. The number of aromatic hydroxyl groups is 1. The van der Waals surface area contributed by atoms with Gasteiger partial charge >= 0.3 is 5.69 Å². The third-order valence-electron chi connectivity index (χ3n) is 4.00. The summed E-state index contributed by atoms with van der Waals surface area (Å²) in [6.07, 6.45) is 1.45. The van der Waals surface area contributed by atoms with Gasteiger partial charge in [0.1, 0.15) is 5.75 Å². The SMILES string of the molecule is NC(=Nc1ncccc1[N+](=O)[O-])N1CCN(c2ccc(O)cc2)CC1. The van der Waals surface area contributed by atoms with Crippen LogP contribution in [0.15, 0.2) is 47.6 Å². The molecule has 1 aromatic heterocycles. The molecule has 3 N–H and O–H groups in total. The topological polar surface area (TPSA) is 121 Å². The number of nitrogens with zero attached hydrogens (tertiary/aromatic N) is 5. The molecule has 0 aliphatic carbocycles. The molecule has 0 atom stereocenters. The lowest BCUT2D eigenvalue weighted by molar-refractivity contribution is -0.384. The van der Waals surface area contributed by atoms with Crippen LogP contribution in [0.2, 0.25) is 0 Å². The van der Waals surface area contributed by atoms with Crippen LogP contribution >= 0.6 is 0 Å². The third-order valence-corrected chi connectivity index (χ3v) is 4.00. The fraction of sp³-hybridized carbons (Fsp3) is 0.250. The van der Waals surface area contributed by atoms with Gasteiger partial charge in [-0.15, -0.1) is 0 Å². The van der Waals surface area contributed by atoms with Crippen molar-refractivity contribution in [3.63, 3.8) is 0 Å². The smallest absolute Gasteiger partial charge is 0.313 e. The summed E-state index contributed by atoms with van der Waals surface area (Å²) in [6.45, 7) is 2.73. The fourth-order valence-electron chi connectivity index (χ4n) is 2.65. The number of aromatic nitrogens is 1. The van der Waals surface area contributed by atoms with Crippen molar-refractivity contribution in [2.24, 2.45) is 10.7 Å². The lowest BCUT2D eigenvalue weighted by Gasteiger charge is -2.36. The summed E-state index contributed by atoms with van der Waals surface area (Å²) in [6, 6.07) is 9.86. The van der Waals surface area contributed by atoms with Gasteiger partial charge in [0.25, 0.3) is 0 Å². The highest BCUT2D eigenvalue weighted by Gasteiger charge is 2.20. The number of aliphatic imine (C=N–C) groups is 1. The Labute approximate surface area is 144 Å². The Morgan fingerprint density at radius 1 is 1.20 bits per heavy atom. The molecule has 0 bridgehead atoms. The van der Waals surface area contributed by atoms with E-state index >= 15 is 0 Å². The molecule has 2 aromatic rings. The number of guanidine groups is 1. The molecule has 1 aliphatic rings. The van der Waals surface area contributed by atoms with Crippen molar-refractivity contribution >= 4 is 23.2 Å². The van der Waals surface area contributed by atoms with E-state index in [-0.39, 0.29) is 23.2 Å². The monoisotopic (exact) mass is 342 g/mol.